The smallest absolute Gasteiger partial charge is 0.257 e. The molecule has 6 nitrogen and oxygen atoms in total. The van der Waals surface area contributed by atoms with E-state index < -0.39 is 0 Å². The lowest BCUT2D eigenvalue weighted by Gasteiger charge is -2.05. The van der Waals surface area contributed by atoms with Gasteiger partial charge in [-0.2, -0.15) is 0 Å². The van der Waals surface area contributed by atoms with E-state index in [9.17, 15) is 4.79 Å². The van der Waals surface area contributed by atoms with Gasteiger partial charge in [0.2, 0.25) is 5.13 Å². The van der Waals surface area contributed by atoms with Crippen molar-refractivity contribution in [2.75, 3.05) is 5.32 Å². The van der Waals surface area contributed by atoms with E-state index in [1.54, 1.807) is 18.5 Å². The second kappa shape index (κ2) is 5.86. The number of benzene rings is 2. The Bertz CT molecular complexity index is 1020. The molecular formula is C17H13N5OS. The fourth-order valence-corrected chi connectivity index (χ4v) is 3.05. The zero-order valence-corrected chi connectivity index (χ0v) is 13.6. The lowest BCUT2D eigenvalue weighted by molar-refractivity contribution is 0.102. The van der Waals surface area contributed by atoms with E-state index in [-0.39, 0.29) is 5.91 Å². The second-order valence-corrected chi connectivity index (χ2v) is 6.42. The SMILES string of the molecule is Cc1nnc(NC(=O)c2ccc3c(c2)ncn3-c2ccccc2)s1. The fourth-order valence-electron chi connectivity index (χ4n) is 2.46. The molecule has 0 unspecified atom stereocenters. The molecule has 0 aliphatic heterocycles. The Hall–Kier alpha value is -3.06. The zero-order valence-electron chi connectivity index (χ0n) is 12.8. The Morgan fingerprint density at radius 3 is 2.71 bits per heavy atom. The molecular weight excluding hydrogens is 322 g/mol. The summed E-state index contributed by atoms with van der Waals surface area (Å²) in [5.74, 6) is -0.220. The van der Waals surface area contributed by atoms with Gasteiger partial charge < -0.3 is 0 Å². The molecule has 24 heavy (non-hydrogen) atoms. The number of imidazole rings is 1. The van der Waals surface area contributed by atoms with Crippen LogP contribution in [0, 0.1) is 6.92 Å². The van der Waals surface area contributed by atoms with Crippen LogP contribution in [-0.2, 0) is 0 Å². The number of aromatic nitrogens is 4. The molecule has 2 aromatic carbocycles. The molecule has 0 saturated carbocycles. The van der Waals surface area contributed by atoms with E-state index in [1.165, 1.54) is 11.3 Å². The molecule has 1 amide bonds. The Balaban J connectivity index is 1.66. The molecule has 7 heteroatoms. The Morgan fingerprint density at radius 2 is 1.96 bits per heavy atom. The number of rotatable bonds is 3. The highest BCUT2D eigenvalue weighted by Gasteiger charge is 2.12. The van der Waals surface area contributed by atoms with Crippen molar-refractivity contribution in [3.05, 3.63) is 65.4 Å². The lowest BCUT2D eigenvalue weighted by atomic mass is 10.2. The van der Waals surface area contributed by atoms with Crippen LogP contribution in [-0.4, -0.2) is 25.7 Å². The predicted octanol–water partition coefficient (Wildman–Crippen LogP) is 3.44. The summed E-state index contributed by atoms with van der Waals surface area (Å²) in [5, 5.41) is 11.8. The van der Waals surface area contributed by atoms with Crippen molar-refractivity contribution in [1.29, 1.82) is 0 Å². The normalized spacial score (nSPS) is 10.9. The number of hydrogen-bond donors (Lipinski definition) is 1. The number of nitrogens with zero attached hydrogens (tertiary/aromatic N) is 4. The molecule has 0 aliphatic carbocycles. The van der Waals surface area contributed by atoms with Crippen LogP contribution in [0.15, 0.2) is 54.9 Å². The fraction of sp³-hybridized carbons (Fsp3) is 0.0588. The number of hydrogen-bond acceptors (Lipinski definition) is 5. The van der Waals surface area contributed by atoms with Gasteiger partial charge in [-0.15, -0.1) is 10.2 Å². The molecule has 0 bridgehead atoms. The number of nitrogens with one attached hydrogen (secondary N) is 1. The average molecular weight is 335 g/mol. The van der Waals surface area contributed by atoms with Crippen LogP contribution < -0.4 is 5.32 Å². The lowest BCUT2D eigenvalue weighted by Crippen LogP contribution is -2.11. The topological polar surface area (TPSA) is 72.7 Å². The number of para-hydroxylation sites is 1. The second-order valence-electron chi connectivity index (χ2n) is 5.23. The Labute approximate surface area is 141 Å². The maximum absolute atomic E-state index is 12.3. The van der Waals surface area contributed by atoms with Gasteiger partial charge in [0.05, 0.1) is 11.0 Å². The molecule has 4 rings (SSSR count). The van der Waals surface area contributed by atoms with Gasteiger partial charge in [-0.25, -0.2) is 4.98 Å². The van der Waals surface area contributed by atoms with Crippen molar-refractivity contribution in [1.82, 2.24) is 19.7 Å². The molecule has 2 heterocycles. The highest BCUT2D eigenvalue weighted by Crippen LogP contribution is 2.20. The minimum absolute atomic E-state index is 0.220. The summed E-state index contributed by atoms with van der Waals surface area (Å²) in [6.45, 7) is 1.84. The van der Waals surface area contributed by atoms with Crippen LogP contribution in [0.3, 0.4) is 0 Å². The number of anilines is 1. The van der Waals surface area contributed by atoms with Gasteiger partial charge in [0.1, 0.15) is 11.3 Å². The van der Waals surface area contributed by atoms with Crippen LogP contribution >= 0.6 is 11.3 Å². The first-order valence-corrected chi connectivity index (χ1v) is 8.16. The summed E-state index contributed by atoms with van der Waals surface area (Å²) in [5.41, 5.74) is 3.28. The maximum atomic E-state index is 12.3. The van der Waals surface area contributed by atoms with E-state index in [0.29, 0.717) is 10.7 Å². The molecule has 1 N–H and O–H groups in total. The maximum Gasteiger partial charge on any atom is 0.257 e. The van der Waals surface area contributed by atoms with E-state index in [2.05, 4.69) is 20.5 Å². The molecule has 0 fully saturated rings. The highest BCUT2D eigenvalue weighted by atomic mass is 32.1. The zero-order chi connectivity index (χ0) is 16.5. The summed E-state index contributed by atoms with van der Waals surface area (Å²) in [7, 11) is 0. The van der Waals surface area contributed by atoms with Crippen LogP contribution in [0.4, 0.5) is 5.13 Å². The van der Waals surface area contributed by atoms with Crippen molar-refractivity contribution in [3.63, 3.8) is 0 Å². The van der Waals surface area contributed by atoms with Crippen LogP contribution in [0.1, 0.15) is 15.4 Å². The third-order valence-corrected chi connectivity index (χ3v) is 4.34. The van der Waals surface area contributed by atoms with Gasteiger partial charge in [0.25, 0.3) is 5.91 Å². The summed E-state index contributed by atoms with van der Waals surface area (Å²) in [4.78, 5) is 16.7. The van der Waals surface area contributed by atoms with Gasteiger partial charge in [0.15, 0.2) is 0 Å². The van der Waals surface area contributed by atoms with Crippen molar-refractivity contribution in [2.24, 2.45) is 0 Å². The monoisotopic (exact) mass is 335 g/mol. The van der Waals surface area contributed by atoms with Crippen molar-refractivity contribution in [2.45, 2.75) is 6.92 Å². The van der Waals surface area contributed by atoms with E-state index in [4.69, 9.17) is 0 Å². The standard InChI is InChI=1S/C17H13N5OS/c1-11-20-21-17(24-11)19-16(23)12-7-8-15-14(9-12)18-10-22(15)13-5-3-2-4-6-13/h2-10H,1H3,(H,19,21,23). The van der Waals surface area contributed by atoms with Gasteiger partial charge in [-0.3, -0.25) is 14.7 Å². The van der Waals surface area contributed by atoms with Gasteiger partial charge >= 0.3 is 0 Å². The first-order valence-electron chi connectivity index (χ1n) is 7.35. The molecule has 0 saturated heterocycles. The quantitative estimate of drug-likeness (QED) is 0.622. The van der Waals surface area contributed by atoms with Crippen LogP contribution in [0.25, 0.3) is 16.7 Å². The van der Waals surface area contributed by atoms with Crippen molar-refractivity contribution >= 4 is 33.4 Å². The first kappa shape index (κ1) is 14.5. The summed E-state index contributed by atoms with van der Waals surface area (Å²) < 4.78 is 1.99. The Morgan fingerprint density at radius 1 is 1.12 bits per heavy atom. The largest absolute Gasteiger partial charge is 0.299 e. The molecule has 4 aromatic rings. The predicted molar refractivity (Wildman–Crippen MR) is 93.7 cm³/mol. The summed E-state index contributed by atoms with van der Waals surface area (Å²) in [6.07, 6.45) is 1.76. The van der Waals surface area contributed by atoms with E-state index >= 15 is 0 Å². The van der Waals surface area contributed by atoms with Gasteiger partial charge in [-0.05, 0) is 37.3 Å². The number of fused-ring (bicyclic) bond motifs is 1. The van der Waals surface area contributed by atoms with E-state index in [0.717, 1.165) is 21.7 Å². The third kappa shape index (κ3) is 2.65. The number of carbonyl (C=O) groups excluding carboxylic acids is 1. The van der Waals surface area contributed by atoms with Crippen LogP contribution in [0.5, 0.6) is 0 Å². The van der Waals surface area contributed by atoms with Gasteiger partial charge in [0, 0.05) is 11.3 Å². The third-order valence-electron chi connectivity index (χ3n) is 3.59. The average Bonchev–Trinajstić information content (AvgIpc) is 3.21. The summed E-state index contributed by atoms with van der Waals surface area (Å²) in [6, 6.07) is 15.4. The molecule has 0 atom stereocenters. The van der Waals surface area contributed by atoms with E-state index in [1.807, 2.05) is 47.9 Å². The molecule has 0 spiro atoms. The molecule has 118 valence electrons. The first-order chi connectivity index (χ1) is 11.7. The number of amides is 1. The molecule has 0 aliphatic rings. The number of aryl methyl sites for hydroxylation is 1. The number of carbonyl (C=O) groups is 1. The molecule has 2 aromatic heterocycles. The summed E-state index contributed by atoms with van der Waals surface area (Å²) >= 11 is 1.34. The van der Waals surface area contributed by atoms with Crippen molar-refractivity contribution in [3.8, 4) is 5.69 Å². The Kier molecular flexibility index (Phi) is 3.55. The molecule has 0 radical (unpaired) electrons. The minimum Gasteiger partial charge on any atom is -0.299 e. The highest BCUT2D eigenvalue weighted by molar-refractivity contribution is 7.15. The van der Waals surface area contributed by atoms with Crippen LogP contribution in [0.2, 0.25) is 0 Å². The van der Waals surface area contributed by atoms with Gasteiger partial charge in [-0.1, -0.05) is 29.5 Å². The van der Waals surface area contributed by atoms with Crippen molar-refractivity contribution < 1.29 is 4.79 Å². The minimum atomic E-state index is -0.220.